The van der Waals surface area contributed by atoms with Gasteiger partial charge in [0.2, 0.25) is 0 Å². The van der Waals surface area contributed by atoms with Gasteiger partial charge < -0.3 is 4.74 Å². The van der Waals surface area contributed by atoms with Gasteiger partial charge in [-0.15, -0.1) is 0 Å². The van der Waals surface area contributed by atoms with Gasteiger partial charge in [0.25, 0.3) is 5.91 Å². The Morgan fingerprint density at radius 1 is 0.939 bits per heavy atom. The van der Waals surface area contributed by atoms with E-state index in [0.29, 0.717) is 23.0 Å². The molecule has 5 rings (SSSR count). The maximum absolute atomic E-state index is 14.0. The highest BCUT2D eigenvalue weighted by Crippen LogP contribution is 2.34. The molecular formula is C28H24N2O2S. The van der Waals surface area contributed by atoms with Crippen LogP contribution in [0.5, 0.6) is 5.75 Å². The third-order valence-corrected chi connectivity index (χ3v) is 6.87. The fraction of sp³-hybridized carbons (Fsp3) is 0.143. The number of nitrogens with zero attached hydrogens (tertiary/aromatic N) is 2. The summed E-state index contributed by atoms with van der Waals surface area (Å²) in [5, 5.41) is 2.72. The predicted molar refractivity (Wildman–Crippen MR) is 136 cm³/mol. The molecule has 0 aliphatic heterocycles. The molecule has 0 saturated heterocycles. The second-order valence-corrected chi connectivity index (χ2v) is 8.90. The lowest BCUT2D eigenvalue weighted by molar-refractivity contribution is 0.0982. The number of carbonyl (C=O) groups excluding carboxylic acids is 1. The Morgan fingerprint density at radius 3 is 2.39 bits per heavy atom. The van der Waals surface area contributed by atoms with Crippen molar-refractivity contribution in [3.05, 3.63) is 102 Å². The quantitative estimate of drug-likeness (QED) is 0.282. The van der Waals surface area contributed by atoms with Crippen molar-refractivity contribution < 1.29 is 9.53 Å². The minimum atomic E-state index is -0.126. The number of carbonyl (C=O) groups is 1. The second-order valence-electron chi connectivity index (χ2n) is 7.89. The first kappa shape index (κ1) is 21.2. The number of thiazole rings is 1. The Morgan fingerprint density at radius 2 is 1.67 bits per heavy atom. The summed E-state index contributed by atoms with van der Waals surface area (Å²) >= 11 is 1.55. The number of hydrogen-bond acceptors (Lipinski definition) is 4. The molecule has 0 N–H and O–H groups in total. The molecule has 0 radical (unpaired) electrons. The van der Waals surface area contributed by atoms with Gasteiger partial charge in [0, 0.05) is 0 Å². The van der Waals surface area contributed by atoms with E-state index in [0.717, 1.165) is 33.0 Å². The second kappa shape index (κ2) is 9.04. The van der Waals surface area contributed by atoms with Gasteiger partial charge >= 0.3 is 0 Å². The number of benzene rings is 4. The number of ether oxygens (including phenoxy) is 1. The molecule has 5 aromatic rings. The molecule has 5 heteroatoms. The monoisotopic (exact) mass is 452 g/mol. The predicted octanol–water partition coefficient (Wildman–Crippen LogP) is 6.87. The van der Waals surface area contributed by atoms with E-state index in [4.69, 9.17) is 9.72 Å². The van der Waals surface area contributed by atoms with Crippen LogP contribution in [0, 0.1) is 0 Å². The molecule has 1 aromatic heterocycles. The minimum Gasteiger partial charge on any atom is -0.496 e. The molecule has 0 atom stereocenters. The van der Waals surface area contributed by atoms with Gasteiger partial charge in [0.15, 0.2) is 5.13 Å². The van der Waals surface area contributed by atoms with Crippen molar-refractivity contribution >= 4 is 43.4 Å². The van der Waals surface area contributed by atoms with E-state index >= 15 is 0 Å². The standard InChI is InChI=1S/C28H24N2O2S/c1-3-20-14-9-15-25-26(20)29-28(33-25)30(18-19-10-5-4-6-11-19)27(31)23-16-21-12-7-8-13-22(21)17-24(23)32-2/h4-17H,3,18H2,1-2H3. The van der Waals surface area contributed by atoms with Gasteiger partial charge in [-0.05, 0) is 46.5 Å². The van der Waals surface area contributed by atoms with Crippen molar-refractivity contribution in [1.29, 1.82) is 0 Å². The maximum atomic E-state index is 14.0. The van der Waals surface area contributed by atoms with Gasteiger partial charge in [-0.25, -0.2) is 4.98 Å². The van der Waals surface area contributed by atoms with E-state index < -0.39 is 0 Å². The van der Waals surface area contributed by atoms with Gasteiger partial charge in [-0.3, -0.25) is 9.69 Å². The van der Waals surface area contributed by atoms with Gasteiger partial charge in [-0.2, -0.15) is 0 Å². The summed E-state index contributed by atoms with van der Waals surface area (Å²) in [7, 11) is 1.60. The zero-order valence-corrected chi connectivity index (χ0v) is 19.4. The lowest BCUT2D eigenvalue weighted by atomic mass is 10.0. The van der Waals surface area contributed by atoms with Crippen molar-refractivity contribution in [3.8, 4) is 5.75 Å². The molecule has 164 valence electrons. The van der Waals surface area contributed by atoms with Gasteiger partial charge in [0.05, 0.1) is 29.4 Å². The number of rotatable bonds is 6. The molecule has 0 aliphatic rings. The zero-order valence-electron chi connectivity index (χ0n) is 18.6. The molecule has 0 aliphatic carbocycles. The van der Waals surface area contributed by atoms with Crippen LogP contribution in [0.25, 0.3) is 21.0 Å². The van der Waals surface area contributed by atoms with Crippen LogP contribution in [0.4, 0.5) is 5.13 Å². The smallest absolute Gasteiger partial charge is 0.264 e. The number of para-hydroxylation sites is 1. The largest absolute Gasteiger partial charge is 0.496 e. The van der Waals surface area contributed by atoms with Crippen LogP contribution in [0.3, 0.4) is 0 Å². The first-order valence-electron chi connectivity index (χ1n) is 11.0. The van der Waals surface area contributed by atoms with Crippen molar-refractivity contribution in [3.63, 3.8) is 0 Å². The first-order chi connectivity index (χ1) is 16.2. The summed E-state index contributed by atoms with van der Waals surface area (Å²) in [5.74, 6) is 0.436. The van der Waals surface area contributed by atoms with Crippen molar-refractivity contribution in [2.75, 3.05) is 12.0 Å². The lowest BCUT2D eigenvalue weighted by Gasteiger charge is -2.21. The summed E-state index contributed by atoms with van der Waals surface area (Å²) in [4.78, 5) is 20.7. The fourth-order valence-electron chi connectivity index (χ4n) is 4.09. The number of fused-ring (bicyclic) bond motifs is 2. The summed E-state index contributed by atoms with van der Waals surface area (Å²) in [5.41, 5.74) is 3.73. The molecule has 0 fully saturated rings. The van der Waals surface area contributed by atoms with Gasteiger partial charge in [-0.1, -0.05) is 85.0 Å². The highest BCUT2D eigenvalue weighted by molar-refractivity contribution is 7.22. The van der Waals surface area contributed by atoms with Crippen LogP contribution in [-0.2, 0) is 13.0 Å². The number of amides is 1. The molecule has 0 spiro atoms. The van der Waals surface area contributed by atoms with Gasteiger partial charge in [0.1, 0.15) is 5.75 Å². The molecule has 4 nitrogen and oxygen atoms in total. The molecule has 1 amide bonds. The highest BCUT2D eigenvalue weighted by atomic mass is 32.1. The highest BCUT2D eigenvalue weighted by Gasteiger charge is 2.25. The number of anilines is 1. The maximum Gasteiger partial charge on any atom is 0.264 e. The van der Waals surface area contributed by atoms with E-state index in [9.17, 15) is 4.79 Å². The summed E-state index contributed by atoms with van der Waals surface area (Å²) in [6, 6.07) is 28.1. The van der Waals surface area contributed by atoms with Crippen LogP contribution in [-0.4, -0.2) is 18.0 Å². The number of methoxy groups -OCH3 is 1. The van der Waals surface area contributed by atoms with E-state index in [1.165, 1.54) is 5.56 Å². The normalized spacial score (nSPS) is 11.1. The molecular weight excluding hydrogens is 428 g/mol. The number of aromatic nitrogens is 1. The van der Waals surface area contributed by atoms with Crippen LogP contribution in [0.15, 0.2) is 84.9 Å². The topological polar surface area (TPSA) is 42.4 Å². The van der Waals surface area contributed by atoms with E-state index in [2.05, 4.69) is 25.1 Å². The van der Waals surface area contributed by atoms with Crippen molar-refractivity contribution in [2.24, 2.45) is 0 Å². The molecule has 4 aromatic carbocycles. The number of aryl methyl sites for hydroxylation is 1. The van der Waals surface area contributed by atoms with E-state index in [1.807, 2.05) is 66.7 Å². The average molecular weight is 453 g/mol. The Balaban J connectivity index is 1.65. The van der Waals surface area contributed by atoms with Crippen LogP contribution in [0.1, 0.15) is 28.4 Å². The molecule has 33 heavy (non-hydrogen) atoms. The Hall–Kier alpha value is -3.70. The van der Waals surface area contributed by atoms with E-state index in [1.54, 1.807) is 23.3 Å². The van der Waals surface area contributed by atoms with Crippen LogP contribution < -0.4 is 9.64 Å². The average Bonchev–Trinajstić information content (AvgIpc) is 3.31. The first-order valence-corrected chi connectivity index (χ1v) is 11.8. The molecule has 0 unspecified atom stereocenters. The fourth-order valence-corrected chi connectivity index (χ4v) is 5.10. The summed E-state index contributed by atoms with van der Waals surface area (Å²) < 4.78 is 6.73. The van der Waals surface area contributed by atoms with Crippen molar-refractivity contribution in [1.82, 2.24) is 4.98 Å². The van der Waals surface area contributed by atoms with Crippen molar-refractivity contribution in [2.45, 2.75) is 19.9 Å². The zero-order chi connectivity index (χ0) is 22.8. The van der Waals surface area contributed by atoms with E-state index in [-0.39, 0.29) is 5.91 Å². The summed E-state index contributed by atoms with van der Waals surface area (Å²) in [6.45, 7) is 2.55. The third-order valence-electron chi connectivity index (χ3n) is 5.83. The third kappa shape index (κ3) is 4.08. The molecule has 0 saturated carbocycles. The lowest BCUT2D eigenvalue weighted by Crippen LogP contribution is -2.30. The Kier molecular flexibility index (Phi) is 5.80. The Labute approximate surface area is 197 Å². The Bertz CT molecular complexity index is 1440. The van der Waals surface area contributed by atoms with Crippen LogP contribution in [0.2, 0.25) is 0 Å². The van der Waals surface area contributed by atoms with Crippen LogP contribution >= 0.6 is 11.3 Å². The molecule has 1 heterocycles. The summed E-state index contributed by atoms with van der Waals surface area (Å²) in [6.07, 6.45) is 0.894. The number of hydrogen-bond donors (Lipinski definition) is 0. The minimum absolute atomic E-state index is 0.126. The SMILES string of the molecule is CCc1cccc2sc(N(Cc3ccccc3)C(=O)c3cc4ccccc4cc3OC)nc12. The molecule has 0 bridgehead atoms.